The van der Waals surface area contributed by atoms with Crippen molar-refractivity contribution in [2.45, 2.75) is 12.6 Å². The second-order valence-corrected chi connectivity index (χ2v) is 5.44. The lowest BCUT2D eigenvalue weighted by molar-refractivity contribution is -0.137. The first kappa shape index (κ1) is 14.0. The molecule has 0 aromatic carbocycles. The van der Waals surface area contributed by atoms with Crippen molar-refractivity contribution < 1.29 is 4.79 Å². The lowest BCUT2D eigenvalue weighted by atomic mass is 10.1. The van der Waals surface area contributed by atoms with Crippen molar-refractivity contribution in [1.82, 2.24) is 24.3 Å². The number of hydrogen-bond acceptors (Lipinski definition) is 4. The molecule has 6 heteroatoms. The van der Waals surface area contributed by atoms with Gasteiger partial charge < -0.3 is 14.4 Å². The second kappa shape index (κ2) is 5.71. The third kappa shape index (κ3) is 3.13. The number of aryl methyl sites for hydroxylation is 1. The molecule has 1 saturated heterocycles. The van der Waals surface area contributed by atoms with Gasteiger partial charge in [0.25, 0.3) is 0 Å². The van der Waals surface area contributed by atoms with Crippen molar-refractivity contribution in [2.75, 3.05) is 40.8 Å². The highest BCUT2D eigenvalue weighted by atomic mass is 16.2. The minimum Gasteiger partial charge on any atom is -0.347 e. The zero-order valence-electron chi connectivity index (χ0n) is 12.2. The maximum absolute atomic E-state index is 12.3. The van der Waals surface area contributed by atoms with Crippen LogP contribution < -0.4 is 0 Å². The molecule has 1 amide bonds. The van der Waals surface area contributed by atoms with Crippen molar-refractivity contribution in [2.24, 2.45) is 7.05 Å². The van der Waals surface area contributed by atoms with Gasteiger partial charge >= 0.3 is 0 Å². The topological polar surface area (TPSA) is 44.6 Å². The van der Waals surface area contributed by atoms with Crippen LogP contribution in [0.15, 0.2) is 12.4 Å². The average molecular weight is 265 g/mol. The SMILES string of the molecule is CN1CCN(Cc2nccn2C)[C@@H](C(=O)N(C)C)C1. The molecule has 1 aliphatic heterocycles. The predicted molar refractivity (Wildman–Crippen MR) is 73.6 cm³/mol. The van der Waals surface area contributed by atoms with E-state index in [1.165, 1.54) is 0 Å². The summed E-state index contributed by atoms with van der Waals surface area (Å²) < 4.78 is 2.01. The summed E-state index contributed by atoms with van der Waals surface area (Å²) in [7, 11) is 7.68. The van der Waals surface area contributed by atoms with Gasteiger partial charge in [0.1, 0.15) is 11.9 Å². The summed E-state index contributed by atoms with van der Waals surface area (Å²) in [5, 5.41) is 0. The third-order valence-corrected chi connectivity index (χ3v) is 3.69. The molecule has 0 aliphatic carbocycles. The standard InChI is InChI=1S/C13H23N5O/c1-15(2)13(19)11-9-16(3)7-8-18(11)10-12-14-5-6-17(12)4/h5-6,11H,7-10H2,1-4H3/t11-/m1/s1. The fourth-order valence-electron chi connectivity index (χ4n) is 2.41. The molecule has 1 aromatic rings. The first-order valence-corrected chi connectivity index (χ1v) is 6.59. The molecule has 0 spiro atoms. The van der Waals surface area contributed by atoms with Crippen LogP contribution in [-0.2, 0) is 18.4 Å². The van der Waals surface area contributed by atoms with Crippen LogP contribution in [0.25, 0.3) is 0 Å². The molecule has 2 heterocycles. The van der Waals surface area contributed by atoms with E-state index in [0.29, 0.717) is 0 Å². The molecule has 0 bridgehead atoms. The molecule has 6 nitrogen and oxygen atoms in total. The van der Waals surface area contributed by atoms with E-state index >= 15 is 0 Å². The summed E-state index contributed by atoms with van der Waals surface area (Å²) in [6.07, 6.45) is 3.74. The van der Waals surface area contributed by atoms with Gasteiger partial charge in [-0.2, -0.15) is 0 Å². The van der Waals surface area contributed by atoms with Crippen molar-refractivity contribution in [3.05, 3.63) is 18.2 Å². The minimum absolute atomic E-state index is 0.0783. The smallest absolute Gasteiger partial charge is 0.240 e. The van der Waals surface area contributed by atoms with Gasteiger partial charge in [-0.05, 0) is 7.05 Å². The van der Waals surface area contributed by atoms with E-state index in [0.717, 1.165) is 32.0 Å². The number of carbonyl (C=O) groups is 1. The van der Waals surface area contributed by atoms with Crippen LogP contribution in [0.4, 0.5) is 0 Å². The Balaban J connectivity index is 2.12. The highest BCUT2D eigenvalue weighted by molar-refractivity contribution is 5.81. The van der Waals surface area contributed by atoms with E-state index in [1.54, 1.807) is 11.1 Å². The summed E-state index contributed by atoms with van der Waals surface area (Å²) in [6, 6.07) is -0.0783. The van der Waals surface area contributed by atoms with E-state index < -0.39 is 0 Å². The Morgan fingerprint density at radius 3 is 2.74 bits per heavy atom. The van der Waals surface area contributed by atoms with Crippen molar-refractivity contribution in [3.63, 3.8) is 0 Å². The maximum Gasteiger partial charge on any atom is 0.240 e. The zero-order valence-corrected chi connectivity index (χ0v) is 12.2. The molecule has 19 heavy (non-hydrogen) atoms. The van der Waals surface area contributed by atoms with Gasteiger partial charge in [0, 0.05) is 53.2 Å². The van der Waals surface area contributed by atoms with Crippen LogP contribution >= 0.6 is 0 Å². The van der Waals surface area contributed by atoms with Crippen LogP contribution in [0.5, 0.6) is 0 Å². The molecule has 0 radical (unpaired) electrons. The normalized spacial score (nSPS) is 21.6. The molecule has 0 unspecified atom stereocenters. The number of piperazine rings is 1. The van der Waals surface area contributed by atoms with Gasteiger partial charge in [-0.1, -0.05) is 0 Å². The fraction of sp³-hybridized carbons (Fsp3) is 0.692. The zero-order chi connectivity index (χ0) is 14.0. The Morgan fingerprint density at radius 1 is 1.42 bits per heavy atom. The van der Waals surface area contributed by atoms with Crippen LogP contribution in [0.2, 0.25) is 0 Å². The van der Waals surface area contributed by atoms with E-state index in [-0.39, 0.29) is 11.9 Å². The first-order chi connectivity index (χ1) is 8.99. The number of aromatic nitrogens is 2. The van der Waals surface area contributed by atoms with Crippen LogP contribution in [0.1, 0.15) is 5.82 Å². The van der Waals surface area contributed by atoms with E-state index in [1.807, 2.05) is 31.9 Å². The first-order valence-electron chi connectivity index (χ1n) is 6.59. The molecule has 1 atom stereocenters. The summed E-state index contributed by atoms with van der Waals surface area (Å²) in [6.45, 7) is 3.39. The van der Waals surface area contributed by atoms with Crippen molar-refractivity contribution >= 4 is 5.91 Å². The third-order valence-electron chi connectivity index (χ3n) is 3.69. The summed E-state index contributed by atoms with van der Waals surface area (Å²) >= 11 is 0. The number of likely N-dealkylation sites (N-methyl/N-ethyl adjacent to an activating group) is 2. The number of hydrogen-bond donors (Lipinski definition) is 0. The molecule has 1 aliphatic rings. The average Bonchev–Trinajstić information content (AvgIpc) is 2.76. The van der Waals surface area contributed by atoms with Crippen LogP contribution in [0, 0.1) is 0 Å². The summed E-state index contributed by atoms with van der Waals surface area (Å²) in [5.41, 5.74) is 0. The van der Waals surface area contributed by atoms with Gasteiger partial charge in [0.05, 0.1) is 6.54 Å². The Bertz CT molecular complexity index is 442. The Morgan fingerprint density at radius 2 is 2.16 bits per heavy atom. The molecule has 1 aromatic heterocycles. The quantitative estimate of drug-likeness (QED) is 0.748. The van der Waals surface area contributed by atoms with Crippen molar-refractivity contribution in [3.8, 4) is 0 Å². The monoisotopic (exact) mass is 265 g/mol. The van der Waals surface area contributed by atoms with Crippen LogP contribution in [0.3, 0.4) is 0 Å². The highest BCUT2D eigenvalue weighted by Gasteiger charge is 2.32. The Labute approximate surface area is 114 Å². The molecular formula is C13H23N5O. The lowest BCUT2D eigenvalue weighted by Gasteiger charge is -2.39. The molecule has 106 valence electrons. The molecule has 2 rings (SSSR count). The van der Waals surface area contributed by atoms with Crippen molar-refractivity contribution in [1.29, 1.82) is 0 Å². The fourth-order valence-corrected chi connectivity index (χ4v) is 2.41. The highest BCUT2D eigenvalue weighted by Crippen LogP contribution is 2.13. The predicted octanol–water partition coefficient (Wildman–Crippen LogP) is -0.376. The van der Waals surface area contributed by atoms with Gasteiger partial charge in [0.15, 0.2) is 0 Å². The molecule has 1 fully saturated rings. The van der Waals surface area contributed by atoms with Gasteiger partial charge in [-0.15, -0.1) is 0 Å². The number of amides is 1. The Kier molecular flexibility index (Phi) is 4.21. The Hall–Kier alpha value is -1.40. The molecule has 0 N–H and O–H groups in total. The van der Waals surface area contributed by atoms with E-state index in [4.69, 9.17) is 0 Å². The van der Waals surface area contributed by atoms with Gasteiger partial charge in [0.2, 0.25) is 5.91 Å². The summed E-state index contributed by atoms with van der Waals surface area (Å²) in [5.74, 6) is 1.17. The number of carbonyl (C=O) groups excluding carboxylic acids is 1. The van der Waals surface area contributed by atoms with Gasteiger partial charge in [-0.25, -0.2) is 4.98 Å². The second-order valence-electron chi connectivity index (χ2n) is 5.44. The van der Waals surface area contributed by atoms with E-state index in [9.17, 15) is 4.79 Å². The summed E-state index contributed by atoms with van der Waals surface area (Å²) in [4.78, 5) is 22.8. The molecular weight excluding hydrogens is 242 g/mol. The largest absolute Gasteiger partial charge is 0.347 e. The maximum atomic E-state index is 12.3. The minimum atomic E-state index is -0.0783. The lowest BCUT2D eigenvalue weighted by Crippen LogP contribution is -2.57. The number of rotatable bonds is 3. The molecule has 0 saturated carbocycles. The van der Waals surface area contributed by atoms with Gasteiger partial charge in [-0.3, -0.25) is 9.69 Å². The van der Waals surface area contributed by atoms with Crippen LogP contribution in [-0.4, -0.2) is 77.0 Å². The number of imidazole rings is 1. The van der Waals surface area contributed by atoms with E-state index in [2.05, 4.69) is 21.8 Å². The number of nitrogens with zero attached hydrogens (tertiary/aromatic N) is 5.